The molecule has 1 fully saturated rings. The van der Waals surface area contributed by atoms with Crippen LogP contribution >= 0.6 is 0 Å². The predicted octanol–water partition coefficient (Wildman–Crippen LogP) is 2.35. The largest absolute Gasteiger partial charge is 0.343 e. The van der Waals surface area contributed by atoms with Crippen LogP contribution in [0.1, 0.15) is 37.7 Å². The number of carbonyl (C=O) groups is 2. The van der Waals surface area contributed by atoms with Gasteiger partial charge in [0.15, 0.2) is 0 Å². The van der Waals surface area contributed by atoms with E-state index in [4.69, 9.17) is 0 Å². The van der Waals surface area contributed by atoms with Crippen LogP contribution in [0.25, 0.3) is 0 Å². The van der Waals surface area contributed by atoms with Gasteiger partial charge in [-0.05, 0) is 30.7 Å². The summed E-state index contributed by atoms with van der Waals surface area (Å²) in [6.45, 7) is 2.79. The molecule has 0 N–H and O–H groups in total. The zero-order chi connectivity index (χ0) is 19.8. The van der Waals surface area contributed by atoms with E-state index in [1.165, 1.54) is 6.33 Å². The molecule has 0 unspecified atom stereocenters. The van der Waals surface area contributed by atoms with E-state index in [-0.39, 0.29) is 11.8 Å². The number of benzene rings is 1. The Morgan fingerprint density at radius 2 is 1.89 bits per heavy atom. The lowest BCUT2D eigenvalue weighted by molar-refractivity contribution is -0.134. The molecule has 1 aromatic carbocycles. The summed E-state index contributed by atoms with van der Waals surface area (Å²) in [5.74, 6) is 0.885. The maximum atomic E-state index is 12.4. The Hall–Kier alpha value is -2.70. The maximum Gasteiger partial charge on any atom is 0.224 e. The van der Waals surface area contributed by atoms with Gasteiger partial charge in [-0.1, -0.05) is 30.3 Å². The topological polar surface area (TPSA) is 71.3 Å². The lowest BCUT2D eigenvalue weighted by atomic mass is 9.92. The Labute approximate surface area is 166 Å². The van der Waals surface area contributed by atoms with Crippen molar-refractivity contribution in [3.05, 3.63) is 48.5 Å². The monoisotopic (exact) mass is 383 g/mol. The highest BCUT2D eigenvalue weighted by atomic mass is 16.2. The summed E-state index contributed by atoms with van der Waals surface area (Å²) in [5, 5.41) is 4.03. The zero-order valence-corrected chi connectivity index (χ0v) is 16.5. The average Bonchev–Trinajstić information content (AvgIpc) is 3.25. The summed E-state index contributed by atoms with van der Waals surface area (Å²) < 4.78 is 1.68. The molecule has 1 aromatic heterocycles. The van der Waals surface area contributed by atoms with Crippen molar-refractivity contribution < 1.29 is 9.59 Å². The molecule has 0 saturated carbocycles. The smallest absolute Gasteiger partial charge is 0.224 e. The van der Waals surface area contributed by atoms with Gasteiger partial charge in [0.05, 0.1) is 6.54 Å². The fraction of sp³-hybridized carbons (Fsp3) is 0.524. The molecule has 0 atom stereocenters. The van der Waals surface area contributed by atoms with Gasteiger partial charge in [0.1, 0.15) is 12.7 Å². The molecule has 0 spiro atoms. The number of aryl methyl sites for hydroxylation is 1. The second-order valence-electron chi connectivity index (χ2n) is 7.51. The molecule has 2 aromatic rings. The second-order valence-corrected chi connectivity index (χ2v) is 7.51. The van der Waals surface area contributed by atoms with Gasteiger partial charge in [0.2, 0.25) is 11.8 Å². The third-order valence-electron chi connectivity index (χ3n) is 5.44. The van der Waals surface area contributed by atoms with Crippen molar-refractivity contribution in [3.63, 3.8) is 0 Å². The van der Waals surface area contributed by atoms with Crippen LogP contribution in [-0.4, -0.2) is 56.5 Å². The zero-order valence-electron chi connectivity index (χ0n) is 16.5. The quantitative estimate of drug-likeness (QED) is 0.701. The van der Waals surface area contributed by atoms with Crippen LogP contribution in [0.2, 0.25) is 0 Å². The number of rotatable bonds is 8. The van der Waals surface area contributed by atoms with E-state index in [1.807, 2.05) is 42.3 Å². The minimum Gasteiger partial charge on any atom is -0.343 e. The van der Waals surface area contributed by atoms with Crippen molar-refractivity contribution in [2.75, 3.05) is 20.1 Å². The van der Waals surface area contributed by atoms with E-state index in [2.05, 4.69) is 10.1 Å². The van der Waals surface area contributed by atoms with Gasteiger partial charge in [-0.15, -0.1) is 0 Å². The molecule has 2 heterocycles. The molecule has 1 aliphatic rings. The van der Waals surface area contributed by atoms with E-state index in [1.54, 1.807) is 15.9 Å². The van der Waals surface area contributed by atoms with Gasteiger partial charge in [0, 0.05) is 39.5 Å². The first-order valence-electron chi connectivity index (χ1n) is 10.00. The van der Waals surface area contributed by atoms with Crippen molar-refractivity contribution in [2.45, 2.75) is 45.2 Å². The standard InChI is InChI=1S/C21H29N5O2/c1-24(15-19-5-3-2-4-6-19)20(27)8-7-18-9-12-25(13-10-18)21(28)11-14-26-17-22-16-23-26/h2-6,16-18H,7-15H2,1H3. The molecule has 1 aliphatic heterocycles. The molecule has 0 bridgehead atoms. The molecule has 0 aliphatic carbocycles. The number of piperidine rings is 1. The summed E-state index contributed by atoms with van der Waals surface area (Å²) in [5.41, 5.74) is 1.15. The van der Waals surface area contributed by atoms with Gasteiger partial charge >= 0.3 is 0 Å². The van der Waals surface area contributed by atoms with Crippen LogP contribution in [-0.2, 0) is 22.7 Å². The van der Waals surface area contributed by atoms with E-state index < -0.39 is 0 Å². The van der Waals surface area contributed by atoms with Crippen molar-refractivity contribution in [1.29, 1.82) is 0 Å². The minimum atomic E-state index is 0.174. The van der Waals surface area contributed by atoms with E-state index in [0.717, 1.165) is 37.9 Å². The molecule has 7 heteroatoms. The molecule has 3 rings (SSSR count). The highest BCUT2D eigenvalue weighted by Crippen LogP contribution is 2.23. The first-order valence-corrected chi connectivity index (χ1v) is 10.00. The summed E-state index contributed by atoms with van der Waals surface area (Å²) in [7, 11) is 1.87. The second kappa shape index (κ2) is 10.0. The SMILES string of the molecule is CN(Cc1ccccc1)C(=O)CCC1CCN(C(=O)CCn2cncn2)CC1. The van der Waals surface area contributed by atoms with E-state index in [0.29, 0.717) is 31.8 Å². The Morgan fingerprint density at radius 3 is 2.57 bits per heavy atom. The average molecular weight is 383 g/mol. The first-order chi connectivity index (χ1) is 13.6. The van der Waals surface area contributed by atoms with E-state index in [9.17, 15) is 9.59 Å². The Morgan fingerprint density at radius 1 is 1.14 bits per heavy atom. The lowest BCUT2D eigenvalue weighted by Crippen LogP contribution is -2.39. The maximum absolute atomic E-state index is 12.4. The number of nitrogens with zero attached hydrogens (tertiary/aromatic N) is 5. The van der Waals surface area contributed by atoms with Crippen molar-refractivity contribution in [3.8, 4) is 0 Å². The molecule has 1 saturated heterocycles. The van der Waals surface area contributed by atoms with E-state index >= 15 is 0 Å². The molecule has 2 amide bonds. The summed E-state index contributed by atoms with van der Waals surface area (Å²) >= 11 is 0. The van der Waals surface area contributed by atoms with Crippen LogP contribution < -0.4 is 0 Å². The molecular formula is C21H29N5O2. The summed E-state index contributed by atoms with van der Waals surface area (Å²) in [4.78, 5) is 32.4. The number of amides is 2. The van der Waals surface area contributed by atoms with Gasteiger partial charge < -0.3 is 9.80 Å². The fourth-order valence-electron chi connectivity index (χ4n) is 3.65. The van der Waals surface area contributed by atoms with Crippen LogP contribution in [0.4, 0.5) is 0 Å². The number of carbonyl (C=O) groups excluding carboxylic acids is 2. The van der Waals surface area contributed by atoms with Crippen molar-refractivity contribution in [1.82, 2.24) is 24.6 Å². The molecule has 0 radical (unpaired) electrons. The predicted molar refractivity (Wildman–Crippen MR) is 106 cm³/mol. The van der Waals surface area contributed by atoms with Crippen LogP contribution in [0, 0.1) is 5.92 Å². The van der Waals surface area contributed by atoms with Gasteiger partial charge in [-0.3, -0.25) is 14.3 Å². The summed E-state index contributed by atoms with van der Waals surface area (Å²) in [6.07, 6.45) is 7.00. The Balaban J connectivity index is 1.33. The van der Waals surface area contributed by atoms with Gasteiger partial charge in [0.25, 0.3) is 0 Å². The highest BCUT2D eigenvalue weighted by Gasteiger charge is 2.23. The summed E-state index contributed by atoms with van der Waals surface area (Å²) in [6, 6.07) is 10.1. The van der Waals surface area contributed by atoms with Crippen molar-refractivity contribution in [2.24, 2.45) is 5.92 Å². The third-order valence-corrected chi connectivity index (χ3v) is 5.44. The van der Waals surface area contributed by atoms with Crippen LogP contribution in [0.3, 0.4) is 0 Å². The Kier molecular flexibility index (Phi) is 7.17. The number of hydrogen-bond acceptors (Lipinski definition) is 4. The minimum absolute atomic E-state index is 0.174. The normalized spacial score (nSPS) is 14.8. The molecule has 7 nitrogen and oxygen atoms in total. The van der Waals surface area contributed by atoms with Crippen molar-refractivity contribution >= 4 is 11.8 Å². The number of aromatic nitrogens is 3. The van der Waals surface area contributed by atoms with Gasteiger partial charge in [-0.25, -0.2) is 4.98 Å². The third kappa shape index (κ3) is 5.90. The fourth-order valence-corrected chi connectivity index (χ4v) is 3.65. The number of hydrogen-bond donors (Lipinski definition) is 0. The highest BCUT2D eigenvalue weighted by molar-refractivity contribution is 5.76. The van der Waals surface area contributed by atoms with Crippen LogP contribution in [0.5, 0.6) is 0 Å². The first kappa shape index (κ1) is 20.0. The van der Waals surface area contributed by atoms with Crippen LogP contribution in [0.15, 0.2) is 43.0 Å². The molecule has 150 valence electrons. The molecular weight excluding hydrogens is 354 g/mol. The van der Waals surface area contributed by atoms with Gasteiger partial charge in [-0.2, -0.15) is 5.10 Å². The number of likely N-dealkylation sites (tertiary alicyclic amines) is 1. The molecule has 28 heavy (non-hydrogen) atoms. The lowest BCUT2D eigenvalue weighted by Gasteiger charge is -2.32. The Bertz CT molecular complexity index is 739.